The SMILES string of the molecule is CC1CN(c2ccc([C@H](C)N)cc2F)CCN1C. The van der Waals surface area contributed by atoms with Crippen LogP contribution in [0.25, 0.3) is 0 Å². The van der Waals surface area contributed by atoms with Crippen molar-refractivity contribution in [2.24, 2.45) is 5.73 Å². The van der Waals surface area contributed by atoms with Crippen molar-refractivity contribution in [2.45, 2.75) is 25.9 Å². The first kappa shape index (κ1) is 13.3. The molecular weight excluding hydrogens is 229 g/mol. The smallest absolute Gasteiger partial charge is 0.146 e. The van der Waals surface area contributed by atoms with Gasteiger partial charge in [0, 0.05) is 31.7 Å². The summed E-state index contributed by atoms with van der Waals surface area (Å²) in [6.45, 7) is 6.74. The molecule has 4 heteroatoms. The maximum Gasteiger partial charge on any atom is 0.146 e. The minimum absolute atomic E-state index is 0.125. The van der Waals surface area contributed by atoms with Gasteiger partial charge < -0.3 is 15.5 Å². The van der Waals surface area contributed by atoms with Gasteiger partial charge in [-0.05, 0) is 38.6 Å². The molecule has 2 rings (SSSR count). The highest BCUT2D eigenvalue weighted by molar-refractivity contribution is 5.50. The van der Waals surface area contributed by atoms with Gasteiger partial charge in [0.25, 0.3) is 0 Å². The van der Waals surface area contributed by atoms with E-state index < -0.39 is 0 Å². The molecule has 1 aliphatic rings. The zero-order valence-corrected chi connectivity index (χ0v) is 11.4. The van der Waals surface area contributed by atoms with Crippen LogP contribution in [0.3, 0.4) is 0 Å². The van der Waals surface area contributed by atoms with Gasteiger partial charge >= 0.3 is 0 Å². The van der Waals surface area contributed by atoms with Crippen molar-refractivity contribution >= 4 is 5.69 Å². The summed E-state index contributed by atoms with van der Waals surface area (Å²) in [5.41, 5.74) is 7.30. The van der Waals surface area contributed by atoms with Gasteiger partial charge in [0.1, 0.15) is 5.82 Å². The fourth-order valence-electron chi connectivity index (χ4n) is 2.33. The molecule has 0 amide bonds. The van der Waals surface area contributed by atoms with Crippen LogP contribution in [0.1, 0.15) is 25.5 Å². The van der Waals surface area contributed by atoms with Crippen LogP contribution in [0.5, 0.6) is 0 Å². The quantitative estimate of drug-likeness (QED) is 0.872. The van der Waals surface area contributed by atoms with E-state index in [0.29, 0.717) is 11.7 Å². The Morgan fingerprint density at radius 2 is 2.11 bits per heavy atom. The molecule has 2 atom stereocenters. The Kier molecular flexibility index (Phi) is 3.88. The summed E-state index contributed by atoms with van der Waals surface area (Å²) in [7, 11) is 2.11. The van der Waals surface area contributed by atoms with E-state index in [-0.39, 0.29) is 11.9 Å². The first-order valence-corrected chi connectivity index (χ1v) is 6.49. The average Bonchev–Trinajstić information content (AvgIpc) is 2.32. The van der Waals surface area contributed by atoms with Crippen LogP contribution in [-0.4, -0.2) is 37.6 Å². The molecule has 100 valence electrons. The molecule has 2 N–H and O–H groups in total. The lowest BCUT2D eigenvalue weighted by molar-refractivity contribution is 0.233. The molecule has 1 unspecified atom stereocenters. The van der Waals surface area contributed by atoms with Gasteiger partial charge in [0.05, 0.1) is 5.69 Å². The van der Waals surface area contributed by atoms with E-state index in [1.54, 1.807) is 6.07 Å². The van der Waals surface area contributed by atoms with E-state index in [1.165, 1.54) is 0 Å². The van der Waals surface area contributed by atoms with E-state index in [9.17, 15) is 4.39 Å². The van der Waals surface area contributed by atoms with Gasteiger partial charge in [-0.2, -0.15) is 0 Å². The summed E-state index contributed by atoms with van der Waals surface area (Å²) in [6, 6.07) is 5.66. The molecule has 1 aliphatic heterocycles. The fourth-order valence-corrected chi connectivity index (χ4v) is 2.33. The maximum atomic E-state index is 14.1. The first-order chi connectivity index (χ1) is 8.49. The fraction of sp³-hybridized carbons (Fsp3) is 0.571. The van der Waals surface area contributed by atoms with Gasteiger partial charge in [-0.15, -0.1) is 0 Å². The summed E-state index contributed by atoms with van der Waals surface area (Å²) in [6.07, 6.45) is 0. The lowest BCUT2D eigenvalue weighted by Crippen LogP contribution is -2.50. The standard InChI is InChI=1S/C14H22FN3/c1-10-9-18(7-6-17(10)3)14-5-4-12(11(2)16)8-13(14)15/h4-5,8,10-11H,6-7,9,16H2,1-3H3/t10?,11-/m0/s1. The number of nitrogens with zero attached hydrogens (tertiary/aromatic N) is 2. The van der Waals surface area contributed by atoms with Crippen molar-refractivity contribution in [3.8, 4) is 0 Å². The average molecular weight is 251 g/mol. The van der Waals surface area contributed by atoms with E-state index in [0.717, 1.165) is 25.2 Å². The van der Waals surface area contributed by atoms with Crippen molar-refractivity contribution in [1.82, 2.24) is 4.90 Å². The van der Waals surface area contributed by atoms with Gasteiger partial charge in [-0.3, -0.25) is 0 Å². The summed E-state index contributed by atoms with van der Waals surface area (Å²) < 4.78 is 14.1. The summed E-state index contributed by atoms with van der Waals surface area (Å²) in [5, 5.41) is 0. The van der Waals surface area contributed by atoms with Crippen LogP contribution in [0.2, 0.25) is 0 Å². The molecular formula is C14H22FN3. The van der Waals surface area contributed by atoms with E-state index >= 15 is 0 Å². The third-order valence-electron chi connectivity index (χ3n) is 3.80. The zero-order chi connectivity index (χ0) is 13.3. The van der Waals surface area contributed by atoms with E-state index in [4.69, 9.17) is 5.73 Å². The molecule has 0 aromatic heterocycles. The number of piperazine rings is 1. The van der Waals surface area contributed by atoms with Crippen molar-refractivity contribution in [3.63, 3.8) is 0 Å². The number of hydrogen-bond acceptors (Lipinski definition) is 3. The monoisotopic (exact) mass is 251 g/mol. The molecule has 1 aromatic rings. The van der Waals surface area contributed by atoms with Crippen LogP contribution >= 0.6 is 0 Å². The summed E-state index contributed by atoms with van der Waals surface area (Å²) in [4.78, 5) is 4.41. The Labute approximate surface area is 108 Å². The highest BCUT2D eigenvalue weighted by Gasteiger charge is 2.22. The van der Waals surface area contributed by atoms with Crippen LogP contribution in [0, 0.1) is 5.82 Å². The highest BCUT2D eigenvalue weighted by Crippen LogP contribution is 2.24. The van der Waals surface area contributed by atoms with Crippen molar-refractivity contribution in [1.29, 1.82) is 0 Å². The predicted octanol–water partition coefficient (Wildman–Crippen LogP) is 1.99. The van der Waals surface area contributed by atoms with Crippen molar-refractivity contribution < 1.29 is 4.39 Å². The second kappa shape index (κ2) is 5.24. The van der Waals surface area contributed by atoms with Crippen LogP contribution in [0.15, 0.2) is 18.2 Å². The number of benzene rings is 1. The Bertz CT molecular complexity index is 420. The third-order valence-corrected chi connectivity index (χ3v) is 3.80. The third kappa shape index (κ3) is 2.65. The van der Waals surface area contributed by atoms with E-state index in [2.05, 4.69) is 23.8 Å². The number of rotatable bonds is 2. The minimum Gasteiger partial charge on any atom is -0.366 e. The normalized spacial score (nSPS) is 23.2. The van der Waals surface area contributed by atoms with Gasteiger partial charge in [0.15, 0.2) is 0 Å². The second-order valence-electron chi connectivity index (χ2n) is 5.28. The molecule has 0 spiro atoms. The lowest BCUT2D eigenvalue weighted by atomic mass is 10.1. The van der Waals surface area contributed by atoms with Gasteiger partial charge in [-0.1, -0.05) is 6.07 Å². The number of likely N-dealkylation sites (N-methyl/N-ethyl adjacent to an activating group) is 1. The zero-order valence-electron chi connectivity index (χ0n) is 11.4. The molecule has 3 nitrogen and oxygen atoms in total. The summed E-state index contributed by atoms with van der Waals surface area (Å²) >= 11 is 0. The topological polar surface area (TPSA) is 32.5 Å². The van der Waals surface area contributed by atoms with Crippen LogP contribution in [0.4, 0.5) is 10.1 Å². The van der Waals surface area contributed by atoms with E-state index in [1.807, 2.05) is 19.1 Å². The van der Waals surface area contributed by atoms with Gasteiger partial charge in [-0.25, -0.2) is 4.39 Å². The number of hydrogen-bond donors (Lipinski definition) is 1. The molecule has 1 aromatic carbocycles. The molecule has 18 heavy (non-hydrogen) atoms. The Hall–Kier alpha value is -1.13. The molecule has 0 aliphatic carbocycles. The molecule has 1 heterocycles. The number of anilines is 1. The largest absolute Gasteiger partial charge is 0.366 e. The predicted molar refractivity (Wildman–Crippen MR) is 73.3 cm³/mol. The molecule has 0 saturated carbocycles. The number of nitrogens with two attached hydrogens (primary N) is 1. The first-order valence-electron chi connectivity index (χ1n) is 6.49. The molecule has 0 radical (unpaired) electrons. The Morgan fingerprint density at radius 3 is 2.67 bits per heavy atom. The Balaban J connectivity index is 2.19. The molecule has 0 bridgehead atoms. The number of halogens is 1. The molecule has 1 fully saturated rings. The Morgan fingerprint density at radius 1 is 1.39 bits per heavy atom. The van der Waals surface area contributed by atoms with Crippen LogP contribution < -0.4 is 10.6 Å². The maximum absolute atomic E-state index is 14.1. The molecule has 1 saturated heterocycles. The highest BCUT2D eigenvalue weighted by atomic mass is 19.1. The second-order valence-corrected chi connectivity index (χ2v) is 5.28. The van der Waals surface area contributed by atoms with Crippen molar-refractivity contribution in [3.05, 3.63) is 29.6 Å². The summed E-state index contributed by atoms with van der Waals surface area (Å²) in [5.74, 6) is -0.165. The van der Waals surface area contributed by atoms with Gasteiger partial charge in [0.2, 0.25) is 0 Å². The minimum atomic E-state index is -0.165. The lowest BCUT2D eigenvalue weighted by Gasteiger charge is -2.39. The van der Waals surface area contributed by atoms with Crippen molar-refractivity contribution in [2.75, 3.05) is 31.6 Å². The van der Waals surface area contributed by atoms with Crippen LogP contribution in [-0.2, 0) is 0 Å².